The van der Waals surface area contributed by atoms with Crippen molar-refractivity contribution in [3.05, 3.63) is 47.2 Å². The number of amides is 1. The number of hydrogen-bond acceptors (Lipinski definition) is 3. The van der Waals surface area contributed by atoms with Gasteiger partial charge in [0.25, 0.3) is 5.91 Å². The summed E-state index contributed by atoms with van der Waals surface area (Å²) in [6.45, 7) is 5.28. The van der Waals surface area contributed by atoms with Crippen LogP contribution < -0.4 is 10.6 Å². The van der Waals surface area contributed by atoms with E-state index in [1.54, 1.807) is 14.0 Å². The molecule has 0 fully saturated rings. The third-order valence-electron chi connectivity index (χ3n) is 3.66. The molecular weight excluding hydrogens is 347 g/mol. The Bertz CT molecular complexity index is 693. The molecule has 0 spiro atoms. The van der Waals surface area contributed by atoms with Gasteiger partial charge < -0.3 is 10.6 Å². The van der Waals surface area contributed by atoms with Crippen molar-refractivity contribution < 1.29 is 22.8 Å². The largest absolute Gasteiger partial charge is 0.416 e. The lowest BCUT2D eigenvalue weighted by Crippen LogP contribution is -2.33. The number of carbonyl (C=O) groups is 2. The van der Waals surface area contributed by atoms with E-state index in [2.05, 4.69) is 15.6 Å². The number of halogens is 3. The van der Waals surface area contributed by atoms with Gasteiger partial charge in [-0.3, -0.25) is 9.59 Å². The molecule has 0 bridgehead atoms. The van der Waals surface area contributed by atoms with Crippen LogP contribution in [-0.2, 0) is 15.8 Å². The highest BCUT2D eigenvalue weighted by atomic mass is 19.4. The van der Waals surface area contributed by atoms with E-state index in [-0.39, 0.29) is 11.6 Å². The molecule has 1 aromatic rings. The summed E-state index contributed by atoms with van der Waals surface area (Å²) >= 11 is 0. The highest BCUT2D eigenvalue weighted by Gasteiger charge is 2.30. The van der Waals surface area contributed by atoms with Crippen LogP contribution in [0.3, 0.4) is 0 Å². The lowest BCUT2D eigenvalue weighted by molar-refractivity contribution is -0.137. The normalized spacial score (nSPS) is 14.2. The van der Waals surface area contributed by atoms with E-state index in [1.165, 1.54) is 12.1 Å². The van der Waals surface area contributed by atoms with Gasteiger partial charge in [-0.05, 0) is 30.5 Å². The molecule has 8 heteroatoms. The van der Waals surface area contributed by atoms with E-state index in [0.717, 1.165) is 18.2 Å². The third-order valence-corrected chi connectivity index (χ3v) is 3.66. The highest BCUT2D eigenvalue weighted by molar-refractivity contribution is 5.99. The molecule has 1 unspecified atom stereocenters. The number of benzene rings is 1. The van der Waals surface area contributed by atoms with Crippen molar-refractivity contribution in [2.75, 3.05) is 7.05 Å². The van der Waals surface area contributed by atoms with Gasteiger partial charge in [0, 0.05) is 13.1 Å². The average Bonchev–Trinajstić information content (AvgIpc) is 2.58. The van der Waals surface area contributed by atoms with Crippen molar-refractivity contribution in [2.24, 2.45) is 10.9 Å². The topological polar surface area (TPSA) is 70.6 Å². The molecule has 1 aromatic carbocycles. The third kappa shape index (κ3) is 6.02. The van der Waals surface area contributed by atoms with Crippen molar-refractivity contribution in [1.29, 1.82) is 0 Å². The first-order valence-electron chi connectivity index (χ1n) is 7.96. The summed E-state index contributed by atoms with van der Waals surface area (Å²) in [5, 5.41) is 5.47. The lowest BCUT2D eigenvalue weighted by atomic mass is 9.95. The van der Waals surface area contributed by atoms with Crippen LogP contribution in [0, 0.1) is 5.92 Å². The van der Waals surface area contributed by atoms with E-state index in [9.17, 15) is 22.8 Å². The molecule has 1 rings (SSSR count). The van der Waals surface area contributed by atoms with Gasteiger partial charge in [0.15, 0.2) is 0 Å². The molecule has 5 nitrogen and oxygen atoms in total. The predicted molar refractivity (Wildman–Crippen MR) is 93.5 cm³/mol. The quantitative estimate of drug-likeness (QED) is 0.350. The van der Waals surface area contributed by atoms with Crippen LogP contribution in [0.25, 0.3) is 0 Å². The summed E-state index contributed by atoms with van der Waals surface area (Å²) in [6, 6.07) is 4.08. The molecule has 1 atom stereocenters. The Morgan fingerprint density at radius 3 is 2.19 bits per heavy atom. The van der Waals surface area contributed by atoms with Crippen LogP contribution in [0.1, 0.15) is 37.9 Å². The summed E-state index contributed by atoms with van der Waals surface area (Å²) in [4.78, 5) is 27.2. The zero-order valence-electron chi connectivity index (χ0n) is 15.0. The maximum absolute atomic E-state index is 12.7. The number of rotatable bonds is 6. The van der Waals surface area contributed by atoms with Crippen LogP contribution >= 0.6 is 0 Å². The van der Waals surface area contributed by atoms with Gasteiger partial charge in [0.1, 0.15) is 12.0 Å². The maximum Gasteiger partial charge on any atom is 0.416 e. The summed E-state index contributed by atoms with van der Waals surface area (Å²) in [6.07, 6.45) is -2.95. The van der Waals surface area contributed by atoms with Gasteiger partial charge in [0.05, 0.1) is 17.4 Å². The standard InChI is InChI=1S/C18H22F3N3O2/c1-11(2)16(13-5-7-14(8-6-13)18(19,20)21)24-17(26)15(9-10-25)23-12(3)22-4/h5-11,16H,1-4H3,(H,22,23)(H,24,26)/b15-9-. The zero-order chi connectivity index (χ0) is 19.9. The Morgan fingerprint density at radius 2 is 1.77 bits per heavy atom. The fraction of sp³-hybridized carbons (Fsp3) is 0.389. The van der Waals surface area contributed by atoms with Gasteiger partial charge in [-0.15, -0.1) is 0 Å². The Morgan fingerprint density at radius 1 is 1.19 bits per heavy atom. The van der Waals surface area contributed by atoms with E-state index < -0.39 is 23.7 Å². The van der Waals surface area contributed by atoms with Gasteiger partial charge >= 0.3 is 6.18 Å². The predicted octanol–water partition coefficient (Wildman–Crippen LogP) is 3.24. The zero-order valence-corrected chi connectivity index (χ0v) is 15.0. The van der Waals surface area contributed by atoms with Gasteiger partial charge in [-0.1, -0.05) is 26.0 Å². The Labute approximate surface area is 150 Å². The molecular formula is C18H22F3N3O2. The molecule has 0 aromatic heterocycles. The Kier molecular flexibility index (Phi) is 7.55. The molecule has 0 heterocycles. The smallest absolute Gasteiger partial charge is 0.377 e. The second-order valence-electron chi connectivity index (χ2n) is 5.95. The summed E-state index contributed by atoms with van der Waals surface area (Å²) in [5.41, 5.74) is -0.323. The number of nitrogens with one attached hydrogen (secondary N) is 2. The van der Waals surface area contributed by atoms with Crippen molar-refractivity contribution in [3.63, 3.8) is 0 Å². The van der Waals surface area contributed by atoms with Crippen LogP contribution in [0.4, 0.5) is 13.2 Å². The molecule has 1 amide bonds. The van der Waals surface area contributed by atoms with Crippen molar-refractivity contribution >= 4 is 18.0 Å². The first kappa shape index (κ1) is 21.4. The Balaban J connectivity index is 3.09. The van der Waals surface area contributed by atoms with Crippen molar-refractivity contribution in [3.8, 4) is 0 Å². The number of aldehydes is 1. The minimum absolute atomic E-state index is 0.0931. The van der Waals surface area contributed by atoms with Gasteiger partial charge in [-0.2, -0.15) is 13.2 Å². The molecule has 0 saturated carbocycles. The number of alkyl halides is 3. The maximum atomic E-state index is 12.7. The number of hydrogen-bond donors (Lipinski definition) is 2. The second-order valence-corrected chi connectivity index (χ2v) is 5.95. The van der Waals surface area contributed by atoms with Gasteiger partial charge in [-0.25, -0.2) is 4.99 Å². The Hall–Kier alpha value is -2.64. The van der Waals surface area contributed by atoms with Gasteiger partial charge in [0.2, 0.25) is 0 Å². The molecule has 2 N–H and O–H groups in total. The van der Waals surface area contributed by atoms with E-state index in [0.29, 0.717) is 17.7 Å². The number of aliphatic imine (C=N–C) groups is 1. The van der Waals surface area contributed by atoms with Crippen molar-refractivity contribution in [2.45, 2.75) is 33.0 Å². The average molecular weight is 369 g/mol. The first-order valence-corrected chi connectivity index (χ1v) is 7.96. The monoisotopic (exact) mass is 369 g/mol. The summed E-state index contributed by atoms with van der Waals surface area (Å²) < 4.78 is 38.1. The SMILES string of the molecule is CN/C(C)=N\C(=C/C=O)C(=O)NC(c1ccc(C(F)(F)F)cc1)C(C)C. The lowest BCUT2D eigenvalue weighted by Gasteiger charge is -2.23. The van der Waals surface area contributed by atoms with Crippen LogP contribution in [0.15, 0.2) is 41.0 Å². The molecule has 0 aliphatic rings. The summed E-state index contributed by atoms with van der Waals surface area (Å²) in [7, 11) is 1.62. The number of allylic oxidation sites excluding steroid dienone is 1. The highest BCUT2D eigenvalue weighted by Crippen LogP contribution is 2.31. The fourth-order valence-corrected chi connectivity index (χ4v) is 2.19. The minimum Gasteiger partial charge on any atom is -0.377 e. The molecule has 142 valence electrons. The van der Waals surface area contributed by atoms with E-state index >= 15 is 0 Å². The van der Waals surface area contributed by atoms with Crippen LogP contribution in [0.2, 0.25) is 0 Å². The molecule has 26 heavy (non-hydrogen) atoms. The van der Waals surface area contributed by atoms with E-state index in [4.69, 9.17) is 0 Å². The summed E-state index contributed by atoms with van der Waals surface area (Å²) in [5.74, 6) is -0.253. The van der Waals surface area contributed by atoms with Crippen LogP contribution in [-0.4, -0.2) is 25.1 Å². The minimum atomic E-state index is -4.42. The fourth-order valence-electron chi connectivity index (χ4n) is 2.19. The van der Waals surface area contributed by atoms with Crippen LogP contribution in [0.5, 0.6) is 0 Å². The number of carbonyl (C=O) groups excluding carboxylic acids is 2. The molecule has 0 aliphatic heterocycles. The molecule has 0 radical (unpaired) electrons. The number of nitrogens with zero attached hydrogens (tertiary/aromatic N) is 1. The second kappa shape index (κ2) is 9.17. The molecule has 0 aliphatic carbocycles. The van der Waals surface area contributed by atoms with E-state index in [1.807, 2.05) is 13.8 Å². The first-order chi connectivity index (χ1) is 12.1. The molecule has 0 saturated heterocycles. The van der Waals surface area contributed by atoms with Crippen molar-refractivity contribution in [1.82, 2.24) is 10.6 Å². The number of amidine groups is 1.